The number of nitrogens with zero attached hydrogens (tertiary/aromatic N) is 1. The Morgan fingerprint density at radius 1 is 1.26 bits per heavy atom. The molecule has 0 aliphatic rings. The smallest absolute Gasteiger partial charge is 0.273 e. The van der Waals surface area contributed by atoms with Crippen LogP contribution in [0.2, 0.25) is 0 Å². The van der Waals surface area contributed by atoms with Crippen molar-refractivity contribution in [3.8, 4) is 5.75 Å². The molecule has 2 rings (SSSR count). The third-order valence-corrected chi connectivity index (χ3v) is 3.54. The summed E-state index contributed by atoms with van der Waals surface area (Å²) in [5, 5.41) is 13.4. The summed E-state index contributed by atoms with van der Waals surface area (Å²) in [6.07, 6.45) is 1.67. The molecule has 0 heterocycles. The molecule has 7 heteroatoms. The fourth-order valence-corrected chi connectivity index (χ4v) is 2.20. The normalized spacial score (nSPS) is 11.0. The van der Waals surface area contributed by atoms with Crippen molar-refractivity contribution in [3.05, 3.63) is 68.7 Å². The standard InChI is InChI=1S/C16H13BrN2O4/c1-23-15-10-12(19(21)22)7-8-14(15)18-16(20)13(17)9-11-5-3-2-4-6-11/h2-10H,1H3,(H,18,20)/b13-9-. The molecule has 0 unspecified atom stereocenters. The second-order valence-corrected chi connectivity index (χ2v) is 5.35. The fraction of sp³-hybridized carbons (Fsp3) is 0.0625. The Labute approximate surface area is 141 Å². The Bertz CT molecular complexity index is 760. The van der Waals surface area contributed by atoms with Crippen LogP contribution in [0.4, 0.5) is 11.4 Å². The van der Waals surface area contributed by atoms with Crippen LogP contribution in [0.1, 0.15) is 5.56 Å². The summed E-state index contributed by atoms with van der Waals surface area (Å²) in [5.74, 6) is -0.173. The molecule has 0 spiro atoms. The van der Waals surface area contributed by atoms with Crippen molar-refractivity contribution in [3.63, 3.8) is 0 Å². The molecule has 1 amide bonds. The number of carbonyl (C=O) groups excluding carboxylic acids is 1. The number of benzene rings is 2. The number of ether oxygens (including phenoxy) is 1. The summed E-state index contributed by atoms with van der Waals surface area (Å²) in [4.78, 5) is 22.4. The zero-order chi connectivity index (χ0) is 16.8. The number of hydrogen-bond donors (Lipinski definition) is 1. The molecule has 1 N–H and O–H groups in total. The maximum atomic E-state index is 12.2. The SMILES string of the molecule is COc1cc([N+](=O)[O-])ccc1NC(=O)/C(Br)=C/c1ccccc1. The minimum absolute atomic E-state index is 0.112. The van der Waals surface area contributed by atoms with E-state index >= 15 is 0 Å². The van der Waals surface area contributed by atoms with Gasteiger partial charge in [0.25, 0.3) is 11.6 Å². The van der Waals surface area contributed by atoms with E-state index in [0.717, 1.165) is 5.56 Å². The average Bonchev–Trinajstić information content (AvgIpc) is 2.55. The Kier molecular flexibility index (Phi) is 5.48. The van der Waals surface area contributed by atoms with E-state index in [1.807, 2.05) is 30.3 Å². The fourth-order valence-electron chi connectivity index (χ4n) is 1.84. The molecule has 0 saturated heterocycles. The number of anilines is 1. The van der Waals surface area contributed by atoms with Crippen LogP contribution in [0.25, 0.3) is 6.08 Å². The molecule has 0 saturated carbocycles. The van der Waals surface area contributed by atoms with Crippen molar-refractivity contribution in [1.29, 1.82) is 0 Å². The first kappa shape index (κ1) is 16.7. The van der Waals surface area contributed by atoms with Crippen LogP contribution in [0.3, 0.4) is 0 Å². The van der Waals surface area contributed by atoms with Gasteiger partial charge in [-0.2, -0.15) is 0 Å². The molecule has 0 aliphatic carbocycles. The molecular weight excluding hydrogens is 364 g/mol. The van der Waals surface area contributed by atoms with Crippen molar-refractivity contribution >= 4 is 39.3 Å². The molecule has 0 radical (unpaired) electrons. The van der Waals surface area contributed by atoms with E-state index in [0.29, 0.717) is 10.2 Å². The van der Waals surface area contributed by atoms with Crippen molar-refractivity contribution in [2.75, 3.05) is 12.4 Å². The molecule has 0 fully saturated rings. The van der Waals surface area contributed by atoms with E-state index in [1.54, 1.807) is 6.08 Å². The molecule has 0 aliphatic heterocycles. The lowest BCUT2D eigenvalue weighted by atomic mass is 10.2. The van der Waals surface area contributed by atoms with Gasteiger partial charge in [-0.1, -0.05) is 30.3 Å². The third kappa shape index (κ3) is 4.40. The Morgan fingerprint density at radius 3 is 2.57 bits per heavy atom. The highest BCUT2D eigenvalue weighted by Crippen LogP contribution is 2.29. The van der Waals surface area contributed by atoms with Gasteiger partial charge in [-0.05, 0) is 33.6 Å². The largest absolute Gasteiger partial charge is 0.494 e. The number of non-ortho nitro benzene ring substituents is 1. The lowest BCUT2D eigenvalue weighted by Crippen LogP contribution is -2.12. The molecule has 0 bridgehead atoms. The summed E-state index contributed by atoms with van der Waals surface area (Å²) in [7, 11) is 1.38. The predicted octanol–water partition coefficient (Wildman–Crippen LogP) is 3.98. The van der Waals surface area contributed by atoms with Crippen LogP contribution >= 0.6 is 15.9 Å². The van der Waals surface area contributed by atoms with Gasteiger partial charge in [-0.15, -0.1) is 0 Å². The molecule has 2 aromatic rings. The highest BCUT2D eigenvalue weighted by Gasteiger charge is 2.14. The minimum Gasteiger partial charge on any atom is -0.494 e. The van der Waals surface area contributed by atoms with Gasteiger partial charge in [0, 0.05) is 6.07 Å². The summed E-state index contributed by atoms with van der Waals surface area (Å²) in [5.41, 5.74) is 1.10. The van der Waals surface area contributed by atoms with Gasteiger partial charge < -0.3 is 10.1 Å². The van der Waals surface area contributed by atoms with Gasteiger partial charge in [-0.25, -0.2) is 0 Å². The lowest BCUT2D eigenvalue weighted by molar-refractivity contribution is -0.384. The van der Waals surface area contributed by atoms with E-state index in [4.69, 9.17) is 4.74 Å². The number of hydrogen-bond acceptors (Lipinski definition) is 4. The summed E-state index contributed by atoms with van der Waals surface area (Å²) in [6.45, 7) is 0. The number of amides is 1. The number of carbonyl (C=O) groups is 1. The number of nitro groups is 1. The zero-order valence-electron chi connectivity index (χ0n) is 12.2. The third-order valence-electron chi connectivity index (χ3n) is 2.95. The van der Waals surface area contributed by atoms with Crippen LogP contribution in [0.5, 0.6) is 5.75 Å². The Hall–Kier alpha value is -2.67. The van der Waals surface area contributed by atoms with Crippen LogP contribution in [0, 0.1) is 10.1 Å². The second-order valence-electron chi connectivity index (χ2n) is 4.50. The summed E-state index contributed by atoms with van der Waals surface area (Å²) in [6, 6.07) is 13.3. The molecular formula is C16H13BrN2O4. The van der Waals surface area contributed by atoms with Crippen molar-refractivity contribution in [1.82, 2.24) is 0 Å². The van der Waals surface area contributed by atoms with Gasteiger partial charge in [0.05, 0.1) is 28.3 Å². The van der Waals surface area contributed by atoms with Gasteiger partial charge in [-0.3, -0.25) is 14.9 Å². The molecule has 6 nitrogen and oxygen atoms in total. The van der Waals surface area contributed by atoms with Crippen molar-refractivity contribution in [2.45, 2.75) is 0 Å². The van der Waals surface area contributed by atoms with E-state index in [2.05, 4.69) is 21.2 Å². The lowest BCUT2D eigenvalue weighted by Gasteiger charge is -2.09. The van der Waals surface area contributed by atoms with Gasteiger partial charge in [0.2, 0.25) is 0 Å². The minimum atomic E-state index is -0.528. The van der Waals surface area contributed by atoms with Crippen molar-refractivity contribution < 1.29 is 14.5 Å². The molecule has 2 aromatic carbocycles. The first-order valence-corrected chi connectivity index (χ1v) is 7.36. The van der Waals surface area contributed by atoms with Crippen molar-refractivity contribution in [2.24, 2.45) is 0 Å². The van der Waals surface area contributed by atoms with Crippen LogP contribution < -0.4 is 10.1 Å². The highest BCUT2D eigenvalue weighted by atomic mass is 79.9. The molecule has 0 atom stereocenters. The summed E-state index contributed by atoms with van der Waals surface area (Å²) < 4.78 is 5.40. The van der Waals surface area contributed by atoms with Crippen LogP contribution in [0.15, 0.2) is 53.0 Å². The number of nitrogens with one attached hydrogen (secondary N) is 1. The quantitative estimate of drug-likeness (QED) is 0.486. The average molecular weight is 377 g/mol. The van der Waals surface area contributed by atoms with Gasteiger partial charge >= 0.3 is 0 Å². The molecule has 0 aromatic heterocycles. The van der Waals surface area contributed by atoms with Crippen LogP contribution in [-0.2, 0) is 4.79 Å². The van der Waals surface area contributed by atoms with Crippen LogP contribution in [-0.4, -0.2) is 17.9 Å². The second kappa shape index (κ2) is 7.55. The van der Waals surface area contributed by atoms with E-state index in [-0.39, 0.29) is 17.3 Å². The monoisotopic (exact) mass is 376 g/mol. The Morgan fingerprint density at radius 2 is 1.96 bits per heavy atom. The first-order valence-electron chi connectivity index (χ1n) is 6.57. The van der Waals surface area contributed by atoms with Gasteiger partial charge in [0.1, 0.15) is 5.75 Å². The molecule has 23 heavy (non-hydrogen) atoms. The Balaban J connectivity index is 2.20. The highest BCUT2D eigenvalue weighted by molar-refractivity contribution is 9.12. The van der Waals surface area contributed by atoms with E-state index < -0.39 is 4.92 Å². The van der Waals surface area contributed by atoms with E-state index in [1.165, 1.54) is 25.3 Å². The molecule has 118 valence electrons. The maximum absolute atomic E-state index is 12.2. The first-order chi connectivity index (χ1) is 11.0. The van der Waals surface area contributed by atoms with E-state index in [9.17, 15) is 14.9 Å². The topological polar surface area (TPSA) is 81.5 Å². The number of nitro benzene ring substituents is 1. The zero-order valence-corrected chi connectivity index (χ0v) is 13.7. The maximum Gasteiger partial charge on any atom is 0.273 e. The number of halogens is 1. The number of methoxy groups -OCH3 is 1. The van der Waals surface area contributed by atoms with Gasteiger partial charge in [0.15, 0.2) is 0 Å². The number of rotatable bonds is 5. The summed E-state index contributed by atoms with van der Waals surface area (Å²) >= 11 is 3.22. The predicted molar refractivity (Wildman–Crippen MR) is 91.6 cm³/mol.